The van der Waals surface area contributed by atoms with E-state index < -0.39 is 0 Å². The van der Waals surface area contributed by atoms with Gasteiger partial charge in [0, 0.05) is 40.7 Å². The second-order valence-electron chi connectivity index (χ2n) is 7.15. The number of aromatic nitrogens is 4. The molecule has 1 aromatic carbocycles. The number of fused-ring (bicyclic) bond motifs is 1. The summed E-state index contributed by atoms with van der Waals surface area (Å²) in [5.74, 6) is 0.109. The fourth-order valence-electron chi connectivity index (χ4n) is 3.54. The Morgan fingerprint density at radius 1 is 1.28 bits per heavy atom. The summed E-state index contributed by atoms with van der Waals surface area (Å²) in [4.78, 5) is 35.1. The van der Waals surface area contributed by atoms with Crippen LogP contribution in [0.1, 0.15) is 21.7 Å². The van der Waals surface area contributed by atoms with E-state index in [9.17, 15) is 9.59 Å². The molecule has 0 aliphatic rings. The largest absolute Gasteiger partial charge is 0.383 e. The van der Waals surface area contributed by atoms with E-state index in [1.54, 1.807) is 36.1 Å². The van der Waals surface area contributed by atoms with Crippen molar-refractivity contribution in [3.63, 3.8) is 0 Å². The van der Waals surface area contributed by atoms with Crippen LogP contribution >= 0.6 is 34.7 Å². The second-order valence-corrected chi connectivity index (χ2v) is 9.40. The van der Waals surface area contributed by atoms with Crippen LogP contribution in [0.3, 0.4) is 0 Å². The van der Waals surface area contributed by atoms with Crippen molar-refractivity contribution >= 4 is 51.4 Å². The van der Waals surface area contributed by atoms with Crippen LogP contribution < -0.4 is 5.56 Å². The highest BCUT2D eigenvalue weighted by atomic mass is 35.5. The third-order valence-corrected chi connectivity index (χ3v) is 7.04. The van der Waals surface area contributed by atoms with Crippen LogP contribution in [0.4, 0.5) is 0 Å². The zero-order valence-electron chi connectivity index (χ0n) is 17.8. The molecule has 3 heterocycles. The molecule has 0 atom stereocenters. The Labute approximate surface area is 198 Å². The number of halogens is 1. The number of ketones is 1. The first kappa shape index (κ1) is 22.7. The van der Waals surface area contributed by atoms with Gasteiger partial charge in [-0.25, -0.2) is 9.97 Å². The highest BCUT2D eigenvalue weighted by Gasteiger charge is 2.19. The van der Waals surface area contributed by atoms with Gasteiger partial charge in [-0.15, -0.1) is 11.3 Å². The molecule has 7 nitrogen and oxygen atoms in total. The lowest BCUT2D eigenvalue weighted by atomic mass is 10.2. The summed E-state index contributed by atoms with van der Waals surface area (Å²) in [5, 5.41) is 4.17. The number of carbonyl (C=O) groups is 1. The van der Waals surface area contributed by atoms with E-state index in [1.807, 2.05) is 29.9 Å². The number of methoxy groups -OCH3 is 1. The normalized spacial score (nSPS) is 11.4. The summed E-state index contributed by atoms with van der Waals surface area (Å²) in [7, 11) is 1.58. The molecule has 4 rings (SSSR count). The Balaban J connectivity index is 1.65. The average molecular weight is 489 g/mol. The van der Waals surface area contributed by atoms with Crippen molar-refractivity contribution in [2.75, 3.05) is 19.5 Å². The number of hydrogen-bond acceptors (Lipinski definition) is 7. The summed E-state index contributed by atoms with van der Waals surface area (Å²) in [5.41, 5.74) is 2.76. The number of thiazole rings is 1. The third-order valence-electron chi connectivity index (χ3n) is 5.08. The van der Waals surface area contributed by atoms with Gasteiger partial charge in [-0.2, -0.15) is 0 Å². The fraction of sp³-hybridized carbons (Fsp3) is 0.273. The van der Waals surface area contributed by atoms with Gasteiger partial charge in [0.05, 0.1) is 29.8 Å². The number of nitrogens with zero attached hydrogens (tertiary/aromatic N) is 4. The van der Waals surface area contributed by atoms with Crippen LogP contribution in [-0.2, 0) is 11.3 Å². The molecule has 0 radical (unpaired) electrons. The number of ether oxygens (including phenoxy) is 1. The number of Topliss-reactive ketones (excluding diaryl/α,β-unsaturated/α-hetero) is 1. The molecule has 4 aromatic rings. The third kappa shape index (κ3) is 4.38. The lowest BCUT2D eigenvalue weighted by molar-refractivity contribution is 0.102. The Morgan fingerprint density at radius 3 is 2.81 bits per heavy atom. The van der Waals surface area contributed by atoms with E-state index >= 15 is 0 Å². The molecule has 0 N–H and O–H groups in total. The first-order valence-electron chi connectivity index (χ1n) is 9.84. The summed E-state index contributed by atoms with van der Waals surface area (Å²) in [6.07, 6.45) is 1.74. The van der Waals surface area contributed by atoms with E-state index in [0.29, 0.717) is 39.8 Å². The van der Waals surface area contributed by atoms with E-state index in [2.05, 4.69) is 9.97 Å². The van der Waals surface area contributed by atoms with Crippen LogP contribution in [0.5, 0.6) is 0 Å². The van der Waals surface area contributed by atoms with Gasteiger partial charge in [-0.3, -0.25) is 18.7 Å². The molecule has 0 saturated carbocycles. The smallest absolute Gasteiger partial charge is 0.262 e. The van der Waals surface area contributed by atoms with E-state index in [4.69, 9.17) is 16.3 Å². The van der Waals surface area contributed by atoms with Crippen molar-refractivity contribution < 1.29 is 9.53 Å². The summed E-state index contributed by atoms with van der Waals surface area (Å²) in [6.45, 7) is 4.57. The van der Waals surface area contributed by atoms with Crippen LogP contribution in [0.25, 0.3) is 16.0 Å². The van der Waals surface area contributed by atoms with E-state index in [0.717, 1.165) is 16.5 Å². The predicted octanol–water partition coefficient (Wildman–Crippen LogP) is 4.54. The molecule has 0 amide bonds. The molecule has 0 fully saturated rings. The molecule has 10 heteroatoms. The second kappa shape index (κ2) is 9.58. The van der Waals surface area contributed by atoms with Gasteiger partial charge in [-0.1, -0.05) is 23.4 Å². The van der Waals surface area contributed by atoms with Gasteiger partial charge in [-0.05, 0) is 38.1 Å². The minimum absolute atomic E-state index is 0.0374. The number of aryl methyl sites for hydroxylation is 1. The molecule has 32 heavy (non-hydrogen) atoms. The number of thioether (sulfide) groups is 1. The lowest BCUT2D eigenvalue weighted by Crippen LogP contribution is -2.25. The molecule has 3 aromatic heterocycles. The quantitative estimate of drug-likeness (QED) is 0.206. The van der Waals surface area contributed by atoms with Crippen LogP contribution in [-0.4, -0.2) is 44.4 Å². The Hall–Kier alpha value is -2.46. The highest BCUT2D eigenvalue weighted by Crippen LogP contribution is 2.25. The topological polar surface area (TPSA) is 79.0 Å². The summed E-state index contributed by atoms with van der Waals surface area (Å²) < 4.78 is 8.69. The Bertz CT molecular complexity index is 1350. The summed E-state index contributed by atoms with van der Waals surface area (Å²) in [6, 6.07) is 6.88. The SMILES string of the molecule is COCCn1c(SCC(=O)c2cc(C)n(-c3nccs3)c2C)nc2cc(Cl)ccc2c1=O. The van der Waals surface area contributed by atoms with Crippen molar-refractivity contribution in [1.29, 1.82) is 0 Å². The maximum absolute atomic E-state index is 13.1. The zero-order chi connectivity index (χ0) is 22.8. The number of hydrogen-bond donors (Lipinski definition) is 0. The maximum Gasteiger partial charge on any atom is 0.262 e. The van der Waals surface area contributed by atoms with Crippen molar-refractivity contribution in [1.82, 2.24) is 19.1 Å². The number of benzene rings is 1. The van der Waals surface area contributed by atoms with Crippen LogP contribution in [0.15, 0.2) is 45.8 Å². The first-order valence-corrected chi connectivity index (χ1v) is 12.1. The molecule has 0 bridgehead atoms. The zero-order valence-corrected chi connectivity index (χ0v) is 20.2. The summed E-state index contributed by atoms with van der Waals surface area (Å²) >= 11 is 8.85. The first-order chi connectivity index (χ1) is 15.4. The number of carbonyl (C=O) groups excluding carboxylic acids is 1. The standard InChI is InChI=1S/C22H21ClN4O3S2/c1-13-10-17(14(2)27(13)21-24-6-9-31-21)19(28)12-32-22-25-18-11-15(23)4-5-16(18)20(29)26(22)7-8-30-3/h4-6,9-11H,7-8,12H2,1-3H3. The van der Waals surface area contributed by atoms with E-state index in [1.165, 1.54) is 23.1 Å². The molecule has 0 saturated heterocycles. The van der Waals surface area contributed by atoms with Gasteiger partial charge in [0.1, 0.15) is 0 Å². The van der Waals surface area contributed by atoms with Crippen LogP contribution in [0.2, 0.25) is 5.02 Å². The minimum atomic E-state index is -0.180. The van der Waals surface area contributed by atoms with Crippen LogP contribution in [0, 0.1) is 13.8 Å². The van der Waals surface area contributed by atoms with Gasteiger partial charge in [0.2, 0.25) is 0 Å². The van der Waals surface area contributed by atoms with Crippen molar-refractivity contribution in [3.8, 4) is 5.13 Å². The molecular formula is C22H21ClN4O3S2. The molecule has 0 spiro atoms. The Morgan fingerprint density at radius 2 is 2.09 bits per heavy atom. The van der Waals surface area contributed by atoms with Crippen molar-refractivity contribution in [2.45, 2.75) is 25.5 Å². The lowest BCUT2D eigenvalue weighted by Gasteiger charge is -2.12. The minimum Gasteiger partial charge on any atom is -0.383 e. The van der Waals surface area contributed by atoms with Gasteiger partial charge in [0.25, 0.3) is 5.56 Å². The monoisotopic (exact) mass is 488 g/mol. The number of rotatable bonds is 8. The highest BCUT2D eigenvalue weighted by molar-refractivity contribution is 7.99. The molecule has 0 aliphatic heterocycles. The van der Waals surface area contributed by atoms with Gasteiger partial charge >= 0.3 is 0 Å². The molecule has 166 valence electrons. The van der Waals surface area contributed by atoms with Crippen molar-refractivity contribution in [3.05, 3.63) is 68.2 Å². The molecule has 0 aliphatic carbocycles. The van der Waals surface area contributed by atoms with Gasteiger partial charge in [0.15, 0.2) is 16.1 Å². The predicted molar refractivity (Wildman–Crippen MR) is 129 cm³/mol. The maximum atomic E-state index is 13.1. The van der Waals surface area contributed by atoms with E-state index in [-0.39, 0.29) is 17.1 Å². The fourth-order valence-corrected chi connectivity index (χ4v) is 5.36. The van der Waals surface area contributed by atoms with Gasteiger partial charge < -0.3 is 4.74 Å². The van der Waals surface area contributed by atoms with Crippen molar-refractivity contribution in [2.24, 2.45) is 0 Å². The molecular weight excluding hydrogens is 468 g/mol. The molecule has 0 unspecified atom stereocenters. The average Bonchev–Trinajstić information content (AvgIpc) is 3.38. The Kier molecular flexibility index (Phi) is 6.80.